The van der Waals surface area contributed by atoms with Crippen molar-refractivity contribution in [2.24, 2.45) is 0 Å². The number of aromatic nitrogens is 4. The summed E-state index contributed by atoms with van der Waals surface area (Å²) < 4.78 is 1.81. The highest BCUT2D eigenvalue weighted by molar-refractivity contribution is 6.05. The van der Waals surface area contributed by atoms with Crippen LogP contribution in [0.1, 0.15) is 116 Å². The molecule has 336 valence electrons. The molecule has 3 aliphatic heterocycles. The largest absolute Gasteiger partial charge is 0.388 e. The van der Waals surface area contributed by atoms with E-state index in [1.54, 1.807) is 11.1 Å². The van der Waals surface area contributed by atoms with Crippen LogP contribution >= 0.6 is 0 Å². The number of nitrogens with zero attached hydrogens (tertiary/aromatic N) is 7. The number of aliphatic hydroxyl groups is 1. The Hall–Kier alpha value is -6.39. The zero-order valence-corrected chi connectivity index (χ0v) is 37.0. The van der Waals surface area contributed by atoms with Gasteiger partial charge in [0.2, 0.25) is 11.8 Å². The van der Waals surface area contributed by atoms with Gasteiger partial charge in [-0.05, 0) is 85.5 Å². The standard InChI is InChI=1S/C48H59N11O5/c1-4-10-40(60)36-14-9-21-49-44(36)53-41-27-42(59-45(54-41)37(29-51-59)31(2)3)50-28-32-15-17-34(18-16-32)52-48(64)57-25-23-56(24-26-57)22-7-5-6-11-33-12-8-13-35-38(33)30-58(47(35)63)39-19-20-43(61)55-46(39)62/h8-9,12-18,21,27,29,31,39-40,50,60H,4-7,10-11,19-20,22-26,28,30H2,1-3H3,(H,52,64)(H,49,53,54)(H,55,61,62)/t39?,40-/m0/s1. The molecule has 2 saturated heterocycles. The second-order valence-corrected chi connectivity index (χ2v) is 17.4. The number of urea groups is 1. The van der Waals surface area contributed by atoms with E-state index in [4.69, 9.17) is 4.98 Å². The molecule has 0 saturated carbocycles. The molecule has 16 heteroatoms. The number of pyridine rings is 1. The van der Waals surface area contributed by atoms with Crippen LogP contribution in [0.5, 0.6) is 0 Å². The predicted octanol–water partition coefficient (Wildman–Crippen LogP) is 6.76. The van der Waals surface area contributed by atoms with Crippen LogP contribution in [-0.4, -0.2) is 102 Å². The van der Waals surface area contributed by atoms with Crippen LogP contribution in [0.15, 0.2) is 73.1 Å². The van der Waals surface area contributed by atoms with Gasteiger partial charge < -0.3 is 30.9 Å². The van der Waals surface area contributed by atoms with Gasteiger partial charge >= 0.3 is 6.03 Å². The molecule has 1 unspecified atom stereocenters. The van der Waals surface area contributed by atoms with Crippen molar-refractivity contribution >= 4 is 52.5 Å². The molecule has 5 amide bonds. The maximum absolute atomic E-state index is 13.3. The number of amides is 5. The highest BCUT2D eigenvalue weighted by Crippen LogP contribution is 2.32. The zero-order chi connectivity index (χ0) is 44.7. The fourth-order valence-electron chi connectivity index (χ4n) is 8.91. The van der Waals surface area contributed by atoms with Crippen molar-refractivity contribution < 1.29 is 24.3 Å². The molecule has 3 aromatic heterocycles. The number of benzene rings is 2. The summed E-state index contributed by atoms with van der Waals surface area (Å²) >= 11 is 0. The Morgan fingerprint density at radius 2 is 1.78 bits per heavy atom. The molecule has 8 rings (SSSR count). The van der Waals surface area contributed by atoms with Gasteiger partial charge in [-0.15, -0.1) is 0 Å². The summed E-state index contributed by atoms with van der Waals surface area (Å²) in [6, 6.07) is 18.6. The van der Waals surface area contributed by atoms with Gasteiger partial charge in [-0.1, -0.05) is 63.9 Å². The number of aryl methyl sites for hydroxylation is 1. The number of imide groups is 1. The molecule has 2 aromatic carbocycles. The predicted molar refractivity (Wildman–Crippen MR) is 245 cm³/mol. The molecule has 5 aromatic rings. The van der Waals surface area contributed by atoms with Gasteiger partial charge in [0.25, 0.3) is 5.91 Å². The van der Waals surface area contributed by atoms with Crippen molar-refractivity contribution in [1.29, 1.82) is 0 Å². The minimum absolute atomic E-state index is 0.104. The highest BCUT2D eigenvalue weighted by Gasteiger charge is 2.39. The monoisotopic (exact) mass is 869 g/mol. The highest BCUT2D eigenvalue weighted by atomic mass is 16.3. The van der Waals surface area contributed by atoms with Crippen molar-refractivity contribution in [3.05, 3.63) is 106 Å². The molecule has 0 radical (unpaired) electrons. The summed E-state index contributed by atoms with van der Waals surface area (Å²) in [5, 5.41) is 27.8. The number of fused-ring (bicyclic) bond motifs is 2. The molecule has 0 spiro atoms. The van der Waals surface area contributed by atoms with E-state index in [1.807, 2.05) is 77.1 Å². The van der Waals surface area contributed by atoms with E-state index >= 15 is 0 Å². The first-order chi connectivity index (χ1) is 31.1. The van der Waals surface area contributed by atoms with E-state index in [9.17, 15) is 24.3 Å². The van der Waals surface area contributed by atoms with Crippen LogP contribution in [-0.2, 0) is 29.1 Å². The number of piperidine rings is 1. The Labute approximate surface area is 373 Å². The number of unbranched alkanes of at least 4 members (excludes halogenated alkanes) is 2. The number of hydrogen-bond donors (Lipinski definition) is 5. The third kappa shape index (κ3) is 10.0. The van der Waals surface area contributed by atoms with Crippen LogP contribution in [0.25, 0.3) is 5.65 Å². The second-order valence-electron chi connectivity index (χ2n) is 17.4. The SMILES string of the molecule is CCC[C@H](O)c1cccnc1Nc1cc(NCc2ccc(NC(=O)N3CCN(CCCCCc4cccc5c4CN(C4CCC(=O)NC4=O)C5=O)CC3)cc2)n2ncc(C(C)C)c2n1. The fourth-order valence-corrected chi connectivity index (χ4v) is 8.91. The van der Waals surface area contributed by atoms with Gasteiger partial charge in [0, 0.05) is 80.3 Å². The van der Waals surface area contributed by atoms with Crippen LogP contribution in [0, 0.1) is 0 Å². The van der Waals surface area contributed by atoms with E-state index in [-0.39, 0.29) is 36.1 Å². The molecule has 2 atom stereocenters. The minimum Gasteiger partial charge on any atom is -0.388 e. The van der Waals surface area contributed by atoms with Crippen molar-refractivity contribution in [2.75, 3.05) is 48.7 Å². The molecule has 2 fully saturated rings. The first-order valence-electron chi connectivity index (χ1n) is 22.7. The second kappa shape index (κ2) is 20.0. The maximum atomic E-state index is 13.3. The summed E-state index contributed by atoms with van der Waals surface area (Å²) in [5.41, 5.74) is 7.05. The van der Waals surface area contributed by atoms with E-state index in [1.165, 1.54) is 0 Å². The third-order valence-corrected chi connectivity index (χ3v) is 12.6. The Balaban J connectivity index is 0.782. The van der Waals surface area contributed by atoms with Gasteiger partial charge in [0.15, 0.2) is 5.65 Å². The van der Waals surface area contributed by atoms with E-state index in [0.717, 1.165) is 96.7 Å². The number of aliphatic hydroxyl groups excluding tert-OH is 1. The maximum Gasteiger partial charge on any atom is 0.321 e. The van der Waals surface area contributed by atoms with Gasteiger partial charge in [-0.3, -0.25) is 24.6 Å². The fraction of sp³-hybridized carbons (Fsp3) is 0.438. The summed E-state index contributed by atoms with van der Waals surface area (Å²) in [6.07, 6.45) is 8.95. The molecule has 16 nitrogen and oxygen atoms in total. The molecule has 6 heterocycles. The number of anilines is 4. The molecule has 3 aliphatic rings. The van der Waals surface area contributed by atoms with Crippen molar-refractivity contribution in [2.45, 2.75) is 103 Å². The molecular weight excluding hydrogens is 811 g/mol. The number of carbonyl (C=O) groups excluding carboxylic acids is 4. The number of piperazine rings is 1. The van der Waals surface area contributed by atoms with Gasteiger partial charge in [-0.25, -0.2) is 14.8 Å². The van der Waals surface area contributed by atoms with Gasteiger partial charge in [0.05, 0.1) is 12.3 Å². The first kappa shape index (κ1) is 44.2. The zero-order valence-electron chi connectivity index (χ0n) is 37.0. The lowest BCUT2D eigenvalue weighted by atomic mass is 9.98. The summed E-state index contributed by atoms with van der Waals surface area (Å²) in [7, 11) is 0. The van der Waals surface area contributed by atoms with E-state index in [2.05, 4.69) is 56.2 Å². The lowest BCUT2D eigenvalue weighted by Gasteiger charge is -2.34. The summed E-state index contributed by atoms with van der Waals surface area (Å²) in [4.78, 5) is 65.9. The van der Waals surface area contributed by atoms with Crippen LogP contribution < -0.4 is 21.3 Å². The number of rotatable bonds is 17. The van der Waals surface area contributed by atoms with Gasteiger partial charge in [-0.2, -0.15) is 9.61 Å². The summed E-state index contributed by atoms with van der Waals surface area (Å²) in [6.45, 7) is 11.1. The molecule has 0 aliphatic carbocycles. The molecular formula is C48H59N11O5. The molecule has 0 bridgehead atoms. The van der Waals surface area contributed by atoms with Crippen LogP contribution in [0.2, 0.25) is 0 Å². The lowest BCUT2D eigenvalue weighted by Crippen LogP contribution is -2.52. The van der Waals surface area contributed by atoms with Crippen molar-refractivity contribution in [1.82, 2.24) is 39.6 Å². The third-order valence-electron chi connectivity index (χ3n) is 12.6. The lowest BCUT2D eigenvalue weighted by molar-refractivity contribution is -0.136. The van der Waals surface area contributed by atoms with E-state index < -0.39 is 12.1 Å². The Morgan fingerprint density at radius 3 is 2.55 bits per heavy atom. The minimum atomic E-state index is -0.634. The quantitative estimate of drug-likeness (QED) is 0.0491. The van der Waals surface area contributed by atoms with Crippen molar-refractivity contribution in [3.8, 4) is 0 Å². The number of hydrogen-bond acceptors (Lipinski definition) is 11. The van der Waals surface area contributed by atoms with Crippen LogP contribution in [0.4, 0.5) is 27.9 Å². The molecule has 5 N–H and O–H groups in total. The van der Waals surface area contributed by atoms with Gasteiger partial charge in [0.1, 0.15) is 23.5 Å². The topological polar surface area (TPSA) is 189 Å². The average molecular weight is 870 g/mol. The Kier molecular flexibility index (Phi) is 13.8. The normalized spacial score (nSPS) is 17.2. The Morgan fingerprint density at radius 1 is 0.969 bits per heavy atom. The Bertz CT molecular complexity index is 2480. The average Bonchev–Trinajstić information content (AvgIpc) is 3.88. The van der Waals surface area contributed by atoms with Crippen LogP contribution in [0.3, 0.4) is 0 Å². The smallest absolute Gasteiger partial charge is 0.321 e. The number of carbonyl (C=O) groups is 4. The molecule has 64 heavy (non-hydrogen) atoms. The summed E-state index contributed by atoms with van der Waals surface area (Å²) in [5.74, 6) is 1.31. The number of nitrogens with one attached hydrogen (secondary N) is 4. The van der Waals surface area contributed by atoms with E-state index in [0.29, 0.717) is 56.2 Å². The van der Waals surface area contributed by atoms with Crippen molar-refractivity contribution in [3.63, 3.8) is 0 Å². The first-order valence-corrected chi connectivity index (χ1v) is 22.7.